The van der Waals surface area contributed by atoms with E-state index < -0.39 is 24.3 Å². The molecule has 332 valence electrons. The molecule has 2 saturated heterocycles. The van der Waals surface area contributed by atoms with Gasteiger partial charge in [-0.15, -0.1) is 0 Å². The van der Waals surface area contributed by atoms with E-state index in [1.165, 1.54) is 14.2 Å². The van der Waals surface area contributed by atoms with Crippen molar-refractivity contribution in [3.05, 3.63) is 72.4 Å². The second-order valence-corrected chi connectivity index (χ2v) is 17.7. The van der Waals surface area contributed by atoms with Gasteiger partial charge in [0.25, 0.3) is 0 Å². The molecule has 4 amide bonds. The zero-order valence-corrected chi connectivity index (χ0v) is 37.0. The Hall–Kier alpha value is -6.58. The Morgan fingerprint density at radius 3 is 1.75 bits per heavy atom. The number of aromatic nitrogens is 4. The molecular weight excluding hydrogens is 805 g/mol. The Bertz CT molecular complexity index is 2510. The van der Waals surface area contributed by atoms with E-state index in [1.54, 1.807) is 6.20 Å². The molecular formula is C47H56N8O8. The number of hydrogen-bond donors (Lipinski definition) is 4. The Balaban J connectivity index is 1.00. The van der Waals surface area contributed by atoms with Gasteiger partial charge in [0, 0.05) is 24.2 Å². The van der Waals surface area contributed by atoms with Gasteiger partial charge >= 0.3 is 12.2 Å². The van der Waals surface area contributed by atoms with E-state index in [9.17, 15) is 19.2 Å². The maximum absolute atomic E-state index is 13.9. The van der Waals surface area contributed by atoms with Crippen LogP contribution in [0.1, 0.15) is 78.1 Å². The molecule has 4 N–H and O–H groups in total. The Morgan fingerprint density at radius 2 is 1.21 bits per heavy atom. The number of imidazole rings is 2. The van der Waals surface area contributed by atoms with Gasteiger partial charge in [-0.2, -0.15) is 0 Å². The average molecular weight is 861 g/mol. The lowest BCUT2D eigenvalue weighted by Crippen LogP contribution is -2.51. The minimum absolute atomic E-state index is 0.0900. The first-order valence-corrected chi connectivity index (χ1v) is 21.6. The number of fused-ring (bicyclic) bond motifs is 2. The highest BCUT2D eigenvalue weighted by molar-refractivity contribution is 5.90. The molecule has 6 atom stereocenters. The number of rotatable bonds is 11. The minimum Gasteiger partial charge on any atom is -0.453 e. The Labute approximate surface area is 366 Å². The van der Waals surface area contributed by atoms with Crippen LogP contribution in [0.15, 0.2) is 60.8 Å². The summed E-state index contributed by atoms with van der Waals surface area (Å²) in [5.41, 5.74) is 7.00. The van der Waals surface area contributed by atoms with Crippen molar-refractivity contribution >= 4 is 35.0 Å². The number of nitrogens with zero attached hydrogens (tertiary/aromatic N) is 4. The lowest BCUT2D eigenvalue weighted by molar-refractivity contribution is -0.136. The van der Waals surface area contributed by atoms with Crippen molar-refractivity contribution in [2.45, 2.75) is 78.6 Å². The third-order valence-corrected chi connectivity index (χ3v) is 12.4. The fraction of sp³-hybridized carbons (Fsp3) is 0.447. The highest BCUT2D eigenvalue weighted by Gasteiger charge is 2.42. The molecule has 0 spiro atoms. The van der Waals surface area contributed by atoms with Crippen LogP contribution in [0, 0.1) is 23.7 Å². The van der Waals surface area contributed by atoms with Gasteiger partial charge in [-0.1, -0.05) is 71.9 Å². The average Bonchev–Trinajstić information content (AvgIpc) is 4.13. The Kier molecular flexibility index (Phi) is 12.1. The van der Waals surface area contributed by atoms with Crippen molar-refractivity contribution in [3.8, 4) is 45.0 Å². The third kappa shape index (κ3) is 8.50. The number of nitrogens with one attached hydrogen (secondary N) is 4. The van der Waals surface area contributed by atoms with E-state index in [0.717, 1.165) is 57.4 Å². The van der Waals surface area contributed by atoms with Gasteiger partial charge in [0.05, 0.1) is 49.2 Å². The predicted octanol–water partition coefficient (Wildman–Crippen LogP) is 7.60. The summed E-state index contributed by atoms with van der Waals surface area (Å²) in [5, 5.41) is 5.43. The molecule has 0 unspecified atom stereocenters. The number of aromatic amines is 2. The number of hydrogen-bond acceptors (Lipinski definition) is 10. The van der Waals surface area contributed by atoms with Crippen LogP contribution in [-0.2, 0) is 19.1 Å². The number of likely N-dealkylation sites (tertiary alicyclic amines) is 2. The zero-order valence-electron chi connectivity index (χ0n) is 37.0. The predicted molar refractivity (Wildman–Crippen MR) is 235 cm³/mol. The summed E-state index contributed by atoms with van der Waals surface area (Å²) in [5.74, 6) is 2.64. The van der Waals surface area contributed by atoms with E-state index in [4.69, 9.17) is 28.9 Å². The first-order chi connectivity index (χ1) is 30.2. The molecule has 0 radical (unpaired) electrons. The van der Waals surface area contributed by atoms with E-state index in [2.05, 4.69) is 34.4 Å². The molecule has 8 rings (SSSR count). The maximum atomic E-state index is 13.9. The van der Waals surface area contributed by atoms with E-state index >= 15 is 0 Å². The molecule has 5 aromatic rings. The first-order valence-electron chi connectivity index (χ1n) is 21.6. The number of amides is 4. The fourth-order valence-electron chi connectivity index (χ4n) is 9.14. The summed E-state index contributed by atoms with van der Waals surface area (Å²) in [7, 11) is 2.58. The van der Waals surface area contributed by atoms with E-state index in [-0.39, 0.29) is 54.4 Å². The first kappa shape index (κ1) is 43.1. The molecule has 2 aromatic heterocycles. The molecule has 5 heterocycles. The smallest absolute Gasteiger partial charge is 0.407 e. The Morgan fingerprint density at radius 1 is 0.698 bits per heavy atom. The van der Waals surface area contributed by atoms with Crippen LogP contribution in [-0.4, -0.2) is 99.9 Å². The number of H-pyrrole nitrogens is 2. The highest BCUT2D eigenvalue weighted by atomic mass is 16.7. The van der Waals surface area contributed by atoms with Crippen LogP contribution in [0.3, 0.4) is 0 Å². The quantitative estimate of drug-likeness (QED) is 0.103. The molecule has 63 heavy (non-hydrogen) atoms. The van der Waals surface area contributed by atoms with Crippen LogP contribution in [0.5, 0.6) is 11.5 Å². The molecule has 3 aliphatic rings. The van der Waals surface area contributed by atoms with Crippen molar-refractivity contribution in [1.82, 2.24) is 40.4 Å². The largest absolute Gasteiger partial charge is 0.453 e. The van der Waals surface area contributed by atoms with Crippen LogP contribution < -0.4 is 20.1 Å². The lowest BCUT2D eigenvalue weighted by Gasteiger charge is -2.30. The summed E-state index contributed by atoms with van der Waals surface area (Å²) in [6.45, 7) is 13.0. The standard InChI is InChI=1S/C47H56N8O8/c1-24(2)38(52-46(58)60-7)44(56)54-21-26(5)17-36(54)42-48-20-35(51-42)29-11-9-28(10-12-29)31-14-15-32(41-40(31)62-23-63-41)30-13-16-33-34(19-30)50-43(49-33)37-18-27(6)22-55(37)45(57)39(25(3)4)53-47(59)61-8/h9-16,19-20,24-27,36-39H,17-18,21-23H2,1-8H3,(H,48,51)(H,49,50)(H,52,58)(H,53,59)/t26-,27-,36-,37-,38+,39-/m0/s1. The second-order valence-electron chi connectivity index (χ2n) is 17.7. The summed E-state index contributed by atoms with van der Waals surface area (Å²) in [6.07, 6.45) is 2.01. The molecule has 16 heteroatoms. The van der Waals surface area contributed by atoms with Crippen LogP contribution >= 0.6 is 0 Å². The van der Waals surface area contributed by atoms with Gasteiger partial charge in [0.2, 0.25) is 18.6 Å². The van der Waals surface area contributed by atoms with Crippen LogP contribution in [0.4, 0.5) is 9.59 Å². The van der Waals surface area contributed by atoms with Gasteiger partial charge in [-0.05, 0) is 77.5 Å². The van der Waals surface area contributed by atoms with E-state index in [0.29, 0.717) is 36.2 Å². The van der Waals surface area contributed by atoms with E-state index in [1.807, 2.05) is 92.1 Å². The normalized spacial score (nSPS) is 20.3. The van der Waals surface area contributed by atoms with Crippen molar-refractivity contribution in [3.63, 3.8) is 0 Å². The van der Waals surface area contributed by atoms with Gasteiger partial charge in [-0.3, -0.25) is 9.59 Å². The molecule has 0 aliphatic carbocycles. The van der Waals surface area contributed by atoms with Gasteiger partial charge in [0.15, 0.2) is 11.5 Å². The topological polar surface area (TPSA) is 193 Å². The summed E-state index contributed by atoms with van der Waals surface area (Å²) in [4.78, 5) is 72.1. The summed E-state index contributed by atoms with van der Waals surface area (Å²) < 4.78 is 21.8. The fourth-order valence-corrected chi connectivity index (χ4v) is 9.14. The monoisotopic (exact) mass is 860 g/mol. The highest BCUT2D eigenvalue weighted by Crippen LogP contribution is 2.48. The molecule has 3 aliphatic heterocycles. The number of methoxy groups -OCH3 is 2. The molecule has 0 saturated carbocycles. The van der Waals surface area contributed by atoms with Gasteiger partial charge < -0.3 is 49.3 Å². The number of alkyl carbamates (subject to hydrolysis) is 2. The van der Waals surface area contributed by atoms with Crippen molar-refractivity contribution in [2.75, 3.05) is 34.1 Å². The zero-order chi connectivity index (χ0) is 44.7. The van der Waals surface area contributed by atoms with Crippen molar-refractivity contribution in [1.29, 1.82) is 0 Å². The molecule has 16 nitrogen and oxygen atoms in total. The van der Waals surface area contributed by atoms with Gasteiger partial charge in [-0.25, -0.2) is 19.6 Å². The summed E-state index contributed by atoms with van der Waals surface area (Å²) >= 11 is 0. The minimum atomic E-state index is -0.725. The number of carbonyl (C=O) groups excluding carboxylic acids is 4. The third-order valence-electron chi connectivity index (χ3n) is 12.4. The van der Waals surface area contributed by atoms with Crippen molar-refractivity contribution in [2.24, 2.45) is 23.7 Å². The number of carbonyl (C=O) groups is 4. The maximum Gasteiger partial charge on any atom is 0.407 e. The van der Waals surface area contributed by atoms with Crippen molar-refractivity contribution < 1.29 is 38.1 Å². The number of benzene rings is 3. The number of ether oxygens (including phenoxy) is 4. The molecule has 3 aromatic carbocycles. The molecule has 0 bridgehead atoms. The second kappa shape index (κ2) is 17.7. The SMILES string of the molecule is COC(=O)N[C@H](C(=O)N1C[C@@H](C)C[C@H]1c1nc2ccc(-c3ccc(-c4ccc(-c5cnc([C@@H]6C[C@H](C)CN6C(=O)[C@H](NC(=O)OC)C(C)C)[nH]5)cc4)c4c3OCO4)cc2[nH]1)C(C)C. The lowest BCUT2D eigenvalue weighted by atomic mass is 9.97. The summed E-state index contributed by atoms with van der Waals surface area (Å²) in [6, 6.07) is 16.3. The van der Waals surface area contributed by atoms with Crippen LogP contribution in [0.25, 0.3) is 44.5 Å². The van der Waals surface area contributed by atoms with Crippen LogP contribution in [0.2, 0.25) is 0 Å². The van der Waals surface area contributed by atoms with Gasteiger partial charge in [0.1, 0.15) is 23.7 Å². The molecule has 2 fully saturated rings.